The van der Waals surface area contributed by atoms with E-state index < -0.39 is 0 Å². The molecule has 1 aliphatic heterocycles. The van der Waals surface area contributed by atoms with Gasteiger partial charge in [-0.1, -0.05) is 48.6 Å². The SMILES string of the molecule is C1=CCC2=c3nc(CC4CCCN(Cc5ccccc5)C4)sc3=CC2=C1.Cl.Cl.O. The van der Waals surface area contributed by atoms with Crippen molar-refractivity contribution in [1.29, 1.82) is 0 Å². The molecule has 29 heavy (non-hydrogen) atoms. The molecule has 0 spiro atoms. The van der Waals surface area contributed by atoms with Crippen LogP contribution in [0.1, 0.15) is 29.8 Å². The van der Waals surface area contributed by atoms with Crippen LogP contribution in [0.5, 0.6) is 0 Å². The Morgan fingerprint density at radius 3 is 2.79 bits per heavy atom. The van der Waals surface area contributed by atoms with E-state index in [1.807, 2.05) is 11.3 Å². The summed E-state index contributed by atoms with van der Waals surface area (Å²) in [4.78, 5) is 7.66. The molecular formula is C23H28Cl2N2OS. The van der Waals surface area contributed by atoms with Crippen LogP contribution in [0.2, 0.25) is 0 Å². The lowest BCUT2D eigenvalue weighted by atomic mass is 9.94. The van der Waals surface area contributed by atoms with E-state index in [-0.39, 0.29) is 30.3 Å². The molecule has 1 fully saturated rings. The first-order chi connectivity index (χ1) is 12.8. The predicted octanol–water partition coefficient (Wildman–Crippen LogP) is 3.45. The average molecular weight is 451 g/mol. The molecule has 156 valence electrons. The van der Waals surface area contributed by atoms with Gasteiger partial charge in [0, 0.05) is 19.5 Å². The summed E-state index contributed by atoms with van der Waals surface area (Å²) in [6.45, 7) is 3.51. The van der Waals surface area contributed by atoms with E-state index in [0.717, 1.165) is 25.3 Å². The Kier molecular flexibility index (Phi) is 8.68. The van der Waals surface area contributed by atoms with E-state index in [1.54, 1.807) is 0 Å². The van der Waals surface area contributed by atoms with Gasteiger partial charge in [-0.25, -0.2) is 4.98 Å². The molecule has 6 heteroatoms. The third-order valence-corrected chi connectivity index (χ3v) is 6.69. The van der Waals surface area contributed by atoms with Crippen molar-refractivity contribution in [1.82, 2.24) is 9.88 Å². The normalized spacial score (nSPS) is 19.7. The van der Waals surface area contributed by atoms with Crippen molar-refractivity contribution in [2.75, 3.05) is 13.1 Å². The van der Waals surface area contributed by atoms with Crippen LogP contribution < -0.4 is 9.88 Å². The Labute approximate surface area is 188 Å². The summed E-state index contributed by atoms with van der Waals surface area (Å²) in [5, 5.41) is 2.59. The lowest BCUT2D eigenvalue weighted by Crippen LogP contribution is -2.35. The van der Waals surface area contributed by atoms with Gasteiger partial charge in [0.2, 0.25) is 0 Å². The van der Waals surface area contributed by atoms with Gasteiger partial charge < -0.3 is 5.48 Å². The van der Waals surface area contributed by atoms with E-state index in [1.165, 1.54) is 57.5 Å². The molecule has 0 radical (unpaired) electrons. The summed E-state index contributed by atoms with van der Waals surface area (Å²) in [5.41, 5.74) is 4.23. The zero-order valence-corrected chi connectivity index (χ0v) is 18.8. The van der Waals surface area contributed by atoms with E-state index in [4.69, 9.17) is 4.98 Å². The molecule has 1 unspecified atom stereocenters. The molecule has 2 aromatic rings. The minimum absolute atomic E-state index is 0. The highest BCUT2D eigenvalue weighted by atomic mass is 35.5. The van der Waals surface area contributed by atoms with E-state index in [0.29, 0.717) is 0 Å². The number of piperidine rings is 1. The summed E-state index contributed by atoms with van der Waals surface area (Å²) >= 11 is 1.91. The number of thiazole rings is 1. The van der Waals surface area contributed by atoms with Crippen LogP contribution in [0.4, 0.5) is 0 Å². The van der Waals surface area contributed by atoms with Crippen LogP contribution in [0.3, 0.4) is 0 Å². The van der Waals surface area contributed by atoms with Crippen molar-refractivity contribution in [3.8, 4) is 0 Å². The lowest BCUT2D eigenvalue weighted by molar-refractivity contribution is 0.167. The van der Waals surface area contributed by atoms with Crippen LogP contribution in [-0.4, -0.2) is 28.4 Å². The fourth-order valence-corrected chi connectivity index (χ4v) is 5.58. The van der Waals surface area contributed by atoms with Crippen LogP contribution in [-0.2, 0) is 13.0 Å². The predicted molar refractivity (Wildman–Crippen MR) is 127 cm³/mol. The number of halogens is 2. The van der Waals surface area contributed by atoms with Crippen molar-refractivity contribution in [2.45, 2.75) is 32.2 Å². The Bertz CT molecular complexity index is 998. The quantitative estimate of drug-likeness (QED) is 0.715. The Morgan fingerprint density at radius 2 is 1.97 bits per heavy atom. The molecule has 2 heterocycles. The summed E-state index contributed by atoms with van der Waals surface area (Å²) in [6.07, 6.45) is 13.8. The summed E-state index contributed by atoms with van der Waals surface area (Å²) < 4.78 is 1.38. The summed E-state index contributed by atoms with van der Waals surface area (Å²) in [5.74, 6) is 0.741. The van der Waals surface area contributed by atoms with Gasteiger partial charge in [0.1, 0.15) is 0 Å². The maximum Gasteiger partial charge on any atom is 0.0942 e. The molecule has 0 amide bonds. The molecule has 0 bridgehead atoms. The van der Waals surface area contributed by atoms with Crippen LogP contribution in [0.25, 0.3) is 11.6 Å². The third-order valence-electron chi connectivity index (χ3n) is 5.67. The standard InChI is InChI=1S/C23H24N2S.2ClH.H2O/c1-2-7-17(8-3-1)15-25-12-6-9-18(16-25)13-22-24-23-20-11-5-4-10-19(20)14-21(23)26-22;;;/h1-5,7-8,10,14,18H,6,9,11-13,15-16H2;2*1H;1H2. The smallest absolute Gasteiger partial charge is 0.0942 e. The molecule has 2 N–H and O–H groups in total. The van der Waals surface area contributed by atoms with E-state index in [2.05, 4.69) is 59.5 Å². The summed E-state index contributed by atoms with van der Waals surface area (Å²) in [7, 11) is 0. The molecule has 2 aliphatic carbocycles. The highest BCUT2D eigenvalue weighted by Crippen LogP contribution is 2.25. The second kappa shape index (κ2) is 10.6. The van der Waals surface area contributed by atoms with Gasteiger partial charge in [0.05, 0.1) is 14.9 Å². The number of hydrogen-bond acceptors (Lipinski definition) is 3. The fraction of sp³-hybridized carbons (Fsp3) is 0.348. The van der Waals surface area contributed by atoms with Gasteiger partial charge in [0.25, 0.3) is 0 Å². The first kappa shape index (κ1) is 23.8. The van der Waals surface area contributed by atoms with Crippen molar-refractivity contribution in [3.05, 3.63) is 74.6 Å². The molecule has 0 saturated carbocycles. The van der Waals surface area contributed by atoms with Crippen molar-refractivity contribution in [2.24, 2.45) is 5.92 Å². The molecule has 1 saturated heterocycles. The monoisotopic (exact) mass is 450 g/mol. The number of hydrogen-bond donors (Lipinski definition) is 0. The highest BCUT2D eigenvalue weighted by Gasteiger charge is 2.22. The Hall–Kier alpha value is -1.43. The van der Waals surface area contributed by atoms with E-state index >= 15 is 0 Å². The lowest BCUT2D eigenvalue weighted by Gasteiger charge is -2.32. The van der Waals surface area contributed by atoms with Crippen molar-refractivity contribution in [3.63, 3.8) is 0 Å². The van der Waals surface area contributed by atoms with Gasteiger partial charge in [-0.05, 0) is 54.5 Å². The Morgan fingerprint density at radius 1 is 1.14 bits per heavy atom. The number of nitrogens with zero attached hydrogens (tertiary/aromatic N) is 2. The molecular weight excluding hydrogens is 423 g/mol. The zero-order chi connectivity index (χ0) is 17.3. The topological polar surface area (TPSA) is 47.6 Å². The molecule has 5 rings (SSSR count). The van der Waals surface area contributed by atoms with Crippen molar-refractivity contribution < 1.29 is 5.48 Å². The minimum atomic E-state index is 0. The van der Waals surface area contributed by atoms with Crippen molar-refractivity contribution >= 4 is 47.8 Å². The maximum absolute atomic E-state index is 5.04. The number of aromatic nitrogens is 1. The van der Waals surface area contributed by atoms with Gasteiger partial charge in [-0.2, -0.15) is 0 Å². The van der Waals surface area contributed by atoms with Crippen LogP contribution in [0, 0.1) is 5.92 Å². The van der Waals surface area contributed by atoms with Gasteiger partial charge in [-0.3, -0.25) is 4.90 Å². The first-order valence-electron chi connectivity index (χ1n) is 9.69. The number of likely N-dealkylation sites (tertiary alicyclic amines) is 1. The fourth-order valence-electron chi connectivity index (χ4n) is 4.42. The molecule has 3 aliphatic rings. The first-order valence-corrected chi connectivity index (χ1v) is 10.5. The van der Waals surface area contributed by atoms with Gasteiger partial charge >= 0.3 is 0 Å². The zero-order valence-electron chi connectivity index (χ0n) is 16.3. The number of benzene rings is 1. The largest absolute Gasteiger partial charge is 0.412 e. The van der Waals surface area contributed by atoms with E-state index in [9.17, 15) is 0 Å². The molecule has 3 nitrogen and oxygen atoms in total. The van der Waals surface area contributed by atoms with Gasteiger partial charge in [-0.15, -0.1) is 36.2 Å². The number of rotatable bonds is 4. The molecule has 1 aromatic heterocycles. The average Bonchev–Trinajstić information content (AvgIpc) is 3.20. The highest BCUT2D eigenvalue weighted by molar-refractivity contribution is 7.09. The number of allylic oxidation sites excluding steroid dienone is 4. The number of fused-ring (bicyclic) bond motifs is 2. The summed E-state index contributed by atoms with van der Waals surface area (Å²) in [6, 6.07) is 10.9. The van der Waals surface area contributed by atoms with Crippen LogP contribution >= 0.6 is 36.2 Å². The minimum Gasteiger partial charge on any atom is -0.412 e. The maximum atomic E-state index is 5.04. The van der Waals surface area contributed by atoms with Crippen LogP contribution in [0.15, 0.2) is 54.1 Å². The third kappa shape index (κ3) is 5.19. The Balaban J connectivity index is 0.000001000. The second-order valence-electron chi connectivity index (χ2n) is 7.63. The van der Waals surface area contributed by atoms with Gasteiger partial charge in [0.15, 0.2) is 0 Å². The molecule has 1 atom stereocenters. The second-order valence-corrected chi connectivity index (χ2v) is 8.75. The molecule has 1 aromatic carbocycles.